The molecule has 2 rings (SSSR count). The lowest BCUT2D eigenvalue weighted by molar-refractivity contribution is 0.272. The molecule has 1 aromatic carbocycles. The Labute approximate surface area is 108 Å². The Morgan fingerprint density at radius 2 is 2.11 bits per heavy atom. The van der Waals surface area contributed by atoms with Crippen molar-refractivity contribution >= 4 is 11.3 Å². The van der Waals surface area contributed by atoms with E-state index in [4.69, 9.17) is 4.84 Å². The molecule has 0 radical (unpaired) electrons. The standard InChI is InChI=1S/C16H17NO/c1-5-11(2)9-10-12(3)14-7-6-8-15-16(14)13(4)17-18-15/h5-10,17H,3-4H2,1-2H3/b10-9-,11-5-. The molecule has 1 aliphatic rings. The van der Waals surface area contributed by atoms with Crippen molar-refractivity contribution in [2.24, 2.45) is 0 Å². The van der Waals surface area contributed by atoms with Gasteiger partial charge in [-0.1, -0.05) is 49.1 Å². The van der Waals surface area contributed by atoms with Gasteiger partial charge in [-0.15, -0.1) is 0 Å². The van der Waals surface area contributed by atoms with Gasteiger partial charge >= 0.3 is 0 Å². The zero-order chi connectivity index (χ0) is 13.1. The fourth-order valence-corrected chi connectivity index (χ4v) is 1.78. The summed E-state index contributed by atoms with van der Waals surface area (Å²) >= 11 is 0. The highest BCUT2D eigenvalue weighted by molar-refractivity contribution is 5.85. The number of hydroxylamine groups is 1. The summed E-state index contributed by atoms with van der Waals surface area (Å²) in [5, 5.41) is 0. The summed E-state index contributed by atoms with van der Waals surface area (Å²) in [4.78, 5) is 5.32. The van der Waals surface area contributed by atoms with Crippen LogP contribution in [-0.4, -0.2) is 0 Å². The first-order valence-corrected chi connectivity index (χ1v) is 5.89. The minimum absolute atomic E-state index is 0.776. The van der Waals surface area contributed by atoms with Crippen LogP contribution in [0, 0.1) is 0 Å². The first-order valence-electron chi connectivity index (χ1n) is 5.89. The topological polar surface area (TPSA) is 21.3 Å². The molecule has 0 spiro atoms. The molecule has 1 aromatic rings. The second-order valence-electron chi connectivity index (χ2n) is 4.25. The monoisotopic (exact) mass is 239 g/mol. The molecule has 0 saturated carbocycles. The Kier molecular flexibility index (Phi) is 3.38. The fraction of sp³-hybridized carbons (Fsp3) is 0.125. The van der Waals surface area contributed by atoms with Gasteiger partial charge in [0.15, 0.2) is 5.75 Å². The first kappa shape index (κ1) is 12.2. The van der Waals surface area contributed by atoms with E-state index in [1.54, 1.807) is 0 Å². The predicted octanol–water partition coefficient (Wildman–Crippen LogP) is 4.09. The van der Waals surface area contributed by atoms with Crippen LogP contribution in [0.4, 0.5) is 0 Å². The number of fused-ring (bicyclic) bond motifs is 1. The average molecular weight is 239 g/mol. The molecule has 18 heavy (non-hydrogen) atoms. The van der Waals surface area contributed by atoms with Gasteiger partial charge in [0.25, 0.3) is 0 Å². The van der Waals surface area contributed by atoms with Gasteiger partial charge in [-0.2, -0.15) is 0 Å². The molecule has 92 valence electrons. The van der Waals surface area contributed by atoms with Crippen molar-refractivity contribution < 1.29 is 4.84 Å². The van der Waals surface area contributed by atoms with Crippen LogP contribution >= 0.6 is 0 Å². The molecule has 0 aromatic heterocycles. The van der Waals surface area contributed by atoms with Crippen molar-refractivity contribution in [2.45, 2.75) is 13.8 Å². The second-order valence-corrected chi connectivity index (χ2v) is 4.25. The highest BCUT2D eigenvalue weighted by Crippen LogP contribution is 2.35. The molecule has 0 atom stereocenters. The van der Waals surface area contributed by atoms with Gasteiger partial charge in [0.1, 0.15) is 0 Å². The normalized spacial score (nSPS) is 14.3. The lowest BCUT2D eigenvalue weighted by Gasteiger charge is -2.05. The Morgan fingerprint density at radius 1 is 1.33 bits per heavy atom. The van der Waals surface area contributed by atoms with E-state index >= 15 is 0 Å². The quantitative estimate of drug-likeness (QED) is 0.802. The van der Waals surface area contributed by atoms with E-state index in [9.17, 15) is 0 Å². The summed E-state index contributed by atoms with van der Waals surface area (Å²) in [5.41, 5.74) is 7.75. The maximum Gasteiger partial charge on any atom is 0.165 e. The zero-order valence-electron chi connectivity index (χ0n) is 10.8. The Bertz CT molecular complexity index is 564. The molecular formula is C16H17NO. The smallest absolute Gasteiger partial charge is 0.165 e. The molecule has 0 unspecified atom stereocenters. The van der Waals surface area contributed by atoms with E-state index in [0.717, 1.165) is 28.1 Å². The minimum Gasteiger partial charge on any atom is -0.381 e. The molecule has 0 fully saturated rings. The third kappa shape index (κ3) is 2.23. The van der Waals surface area contributed by atoms with Gasteiger partial charge < -0.3 is 4.84 Å². The largest absolute Gasteiger partial charge is 0.381 e. The van der Waals surface area contributed by atoms with E-state index in [1.807, 2.05) is 37.3 Å². The Morgan fingerprint density at radius 3 is 2.83 bits per heavy atom. The van der Waals surface area contributed by atoms with Gasteiger partial charge in [0, 0.05) is 0 Å². The third-order valence-corrected chi connectivity index (χ3v) is 2.96. The maximum absolute atomic E-state index is 5.32. The van der Waals surface area contributed by atoms with E-state index in [-0.39, 0.29) is 0 Å². The summed E-state index contributed by atoms with van der Waals surface area (Å²) in [6.07, 6.45) is 6.12. The minimum atomic E-state index is 0.776. The molecule has 2 nitrogen and oxygen atoms in total. The summed E-state index contributed by atoms with van der Waals surface area (Å²) in [7, 11) is 0. The lowest BCUT2D eigenvalue weighted by atomic mass is 9.98. The van der Waals surface area contributed by atoms with Crippen LogP contribution in [0.25, 0.3) is 11.3 Å². The van der Waals surface area contributed by atoms with Crippen molar-refractivity contribution in [3.8, 4) is 5.75 Å². The van der Waals surface area contributed by atoms with Gasteiger partial charge in [-0.05, 0) is 31.1 Å². The van der Waals surface area contributed by atoms with Crippen molar-refractivity contribution in [2.75, 3.05) is 0 Å². The van der Waals surface area contributed by atoms with Crippen LogP contribution in [0.5, 0.6) is 5.75 Å². The number of allylic oxidation sites excluding steroid dienone is 5. The molecule has 0 saturated heterocycles. The van der Waals surface area contributed by atoms with Crippen LogP contribution in [0.1, 0.15) is 25.0 Å². The van der Waals surface area contributed by atoms with Gasteiger partial charge in [-0.3, -0.25) is 0 Å². The molecule has 1 heterocycles. The van der Waals surface area contributed by atoms with Crippen molar-refractivity contribution in [3.05, 3.63) is 66.3 Å². The van der Waals surface area contributed by atoms with Crippen LogP contribution < -0.4 is 10.3 Å². The molecule has 0 aliphatic carbocycles. The molecule has 2 heteroatoms. The summed E-state index contributed by atoms with van der Waals surface area (Å²) in [6.45, 7) is 12.1. The molecular weight excluding hydrogens is 222 g/mol. The van der Waals surface area contributed by atoms with Crippen LogP contribution in [0.15, 0.2) is 55.2 Å². The maximum atomic E-state index is 5.32. The van der Waals surface area contributed by atoms with Crippen LogP contribution in [0.3, 0.4) is 0 Å². The van der Waals surface area contributed by atoms with Crippen molar-refractivity contribution in [1.29, 1.82) is 0 Å². The van der Waals surface area contributed by atoms with E-state index in [2.05, 4.69) is 31.6 Å². The highest BCUT2D eigenvalue weighted by atomic mass is 16.7. The van der Waals surface area contributed by atoms with E-state index in [1.165, 1.54) is 5.57 Å². The lowest BCUT2D eigenvalue weighted by Crippen LogP contribution is -2.06. The molecule has 0 bridgehead atoms. The van der Waals surface area contributed by atoms with Crippen molar-refractivity contribution in [3.63, 3.8) is 0 Å². The molecule has 1 aliphatic heterocycles. The Balaban J connectivity index is 2.36. The molecule has 0 amide bonds. The molecule has 1 N–H and O–H groups in total. The van der Waals surface area contributed by atoms with Crippen LogP contribution in [-0.2, 0) is 0 Å². The van der Waals surface area contributed by atoms with E-state index < -0.39 is 0 Å². The number of rotatable bonds is 3. The fourth-order valence-electron chi connectivity index (χ4n) is 1.78. The van der Waals surface area contributed by atoms with Crippen LogP contribution in [0.2, 0.25) is 0 Å². The first-order chi connectivity index (χ1) is 8.63. The number of hydrogen-bond donors (Lipinski definition) is 1. The van der Waals surface area contributed by atoms with E-state index in [0.29, 0.717) is 0 Å². The third-order valence-electron chi connectivity index (χ3n) is 2.96. The summed E-state index contributed by atoms with van der Waals surface area (Å²) < 4.78 is 0. The highest BCUT2D eigenvalue weighted by Gasteiger charge is 2.19. The van der Waals surface area contributed by atoms with Gasteiger partial charge in [0.2, 0.25) is 0 Å². The average Bonchev–Trinajstić information content (AvgIpc) is 2.77. The summed E-state index contributed by atoms with van der Waals surface area (Å²) in [6, 6.07) is 5.90. The Hall–Kier alpha value is -2.22. The number of nitrogens with one attached hydrogen (secondary N) is 1. The van der Waals surface area contributed by atoms with Gasteiger partial charge in [0.05, 0.1) is 11.3 Å². The number of hydrogen-bond acceptors (Lipinski definition) is 2. The van der Waals surface area contributed by atoms with Gasteiger partial charge in [-0.25, -0.2) is 5.48 Å². The second kappa shape index (κ2) is 4.96. The predicted molar refractivity (Wildman–Crippen MR) is 76.8 cm³/mol. The summed E-state index contributed by atoms with van der Waals surface area (Å²) in [5.74, 6) is 0.801. The zero-order valence-corrected chi connectivity index (χ0v) is 10.8. The SMILES string of the molecule is C=C(/C=C\C(C)=C/C)c1cccc2c1C(=C)NO2. The number of benzene rings is 1. The van der Waals surface area contributed by atoms with Crippen molar-refractivity contribution in [1.82, 2.24) is 5.48 Å².